The molecule has 3 aliphatic rings. The highest BCUT2D eigenvalue weighted by Gasteiger charge is 2.70. The Morgan fingerprint density at radius 1 is 1.34 bits per heavy atom. The zero-order valence-electron chi connectivity index (χ0n) is 18.4. The largest absolute Gasteiger partial charge is 0.463 e. The highest BCUT2D eigenvalue weighted by atomic mass is 32.2. The monoisotopic (exact) mass is 494 g/mol. The van der Waals surface area contributed by atoms with Gasteiger partial charge in [-0.3, -0.25) is 4.79 Å². The van der Waals surface area contributed by atoms with Crippen LogP contribution in [0.5, 0.6) is 5.88 Å². The minimum Gasteiger partial charge on any atom is -0.463 e. The Balaban J connectivity index is 1.43. The average Bonchev–Trinajstić information content (AvgIpc) is 3.34. The van der Waals surface area contributed by atoms with Gasteiger partial charge in [0, 0.05) is 17.9 Å². The molecule has 1 aromatic carbocycles. The summed E-state index contributed by atoms with van der Waals surface area (Å²) >= 11 is 1.32. The Kier molecular flexibility index (Phi) is 5.84. The van der Waals surface area contributed by atoms with Crippen molar-refractivity contribution in [3.05, 3.63) is 65.0 Å². The molecule has 8 nitrogen and oxygen atoms in total. The van der Waals surface area contributed by atoms with E-state index < -0.39 is 22.8 Å². The summed E-state index contributed by atoms with van der Waals surface area (Å²) < 4.78 is 34.5. The quantitative estimate of drug-likeness (QED) is 0.444. The van der Waals surface area contributed by atoms with E-state index in [9.17, 15) is 9.18 Å². The molecule has 1 aromatic heterocycles. The number of benzene rings is 1. The highest BCUT2D eigenvalue weighted by Crippen LogP contribution is 2.69. The van der Waals surface area contributed by atoms with Crippen LogP contribution in [0.25, 0.3) is 0 Å². The molecule has 0 spiro atoms. The number of rotatable bonds is 8. The fourth-order valence-electron chi connectivity index (χ4n) is 4.66. The fourth-order valence-corrected chi connectivity index (χ4v) is 6.05. The van der Waals surface area contributed by atoms with Gasteiger partial charge in [0.15, 0.2) is 17.6 Å². The molecule has 2 aliphatic heterocycles. The van der Waals surface area contributed by atoms with Gasteiger partial charge in [-0.05, 0) is 30.2 Å². The third kappa shape index (κ3) is 3.97. The van der Waals surface area contributed by atoms with Gasteiger partial charge >= 0.3 is 0 Å². The Morgan fingerprint density at radius 3 is 2.89 bits per heavy atom. The Morgan fingerprint density at radius 2 is 2.20 bits per heavy atom. The third-order valence-electron chi connectivity index (χ3n) is 6.34. The van der Waals surface area contributed by atoms with Crippen LogP contribution in [0.1, 0.15) is 28.0 Å². The van der Waals surface area contributed by atoms with E-state index in [1.54, 1.807) is 0 Å². The number of thioether (sulfide) groups is 1. The van der Waals surface area contributed by atoms with Gasteiger partial charge in [0.25, 0.3) is 0 Å². The summed E-state index contributed by atoms with van der Waals surface area (Å²) in [5, 5.41) is 8.37. The summed E-state index contributed by atoms with van der Waals surface area (Å²) in [6, 6.07) is 4.20. The number of fused-ring (bicyclic) bond motifs is 1. The van der Waals surface area contributed by atoms with Crippen molar-refractivity contribution in [3.8, 4) is 18.2 Å². The van der Waals surface area contributed by atoms with Crippen LogP contribution in [0.4, 0.5) is 8.78 Å². The van der Waals surface area contributed by atoms with Gasteiger partial charge in [0.2, 0.25) is 5.88 Å². The smallest absolute Gasteiger partial charge is 0.233 e. The zero-order chi connectivity index (χ0) is 24.6. The van der Waals surface area contributed by atoms with Crippen molar-refractivity contribution < 1.29 is 18.3 Å². The number of halogens is 2. The zero-order valence-corrected chi connectivity index (χ0v) is 19.3. The predicted octanol–water partition coefficient (Wildman–Crippen LogP) is 3.39. The minimum absolute atomic E-state index is 0.0323. The number of ether oxygens (including phenoxy) is 1. The highest BCUT2D eigenvalue weighted by molar-refractivity contribution is 8.15. The molecule has 178 valence electrons. The van der Waals surface area contributed by atoms with Crippen LogP contribution >= 0.6 is 11.8 Å². The number of aliphatic imine (C=N–C) groups is 1. The molecule has 1 fully saturated rings. The number of Topliss-reactive ketones (excluding diaryl/α,β-unsaturated/α-hetero) is 1. The minimum atomic E-state index is -1.51. The first-order valence-corrected chi connectivity index (χ1v) is 11.6. The first-order valence-electron chi connectivity index (χ1n) is 10.8. The van der Waals surface area contributed by atoms with Crippen LogP contribution in [0.2, 0.25) is 0 Å². The maximum atomic E-state index is 15.1. The molecule has 0 bridgehead atoms. The van der Waals surface area contributed by atoms with Crippen molar-refractivity contribution in [2.45, 2.75) is 23.1 Å². The number of alkyl halides is 1. The number of hydrogen-bond donors (Lipinski definition) is 1. The number of carbonyl (C=O) groups excluding carboxylic acids is 1. The molecule has 1 aliphatic carbocycles. The molecule has 2 aromatic rings. The molecule has 0 amide bonds. The molecule has 1 saturated carbocycles. The Labute approximate surface area is 204 Å². The van der Waals surface area contributed by atoms with Gasteiger partial charge in [-0.25, -0.2) is 23.7 Å². The van der Waals surface area contributed by atoms with Gasteiger partial charge in [0.1, 0.15) is 23.7 Å². The number of aromatic nitrogens is 2. The molecule has 0 radical (unpaired) electrons. The lowest BCUT2D eigenvalue weighted by Gasteiger charge is -2.35. The van der Waals surface area contributed by atoms with Gasteiger partial charge in [-0.1, -0.05) is 23.7 Å². The van der Waals surface area contributed by atoms with Gasteiger partial charge in [-0.15, -0.1) is 6.42 Å². The van der Waals surface area contributed by atoms with Crippen LogP contribution in [0.3, 0.4) is 0 Å². The van der Waals surface area contributed by atoms with Crippen molar-refractivity contribution in [1.29, 1.82) is 0 Å². The van der Waals surface area contributed by atoms with E-state index in [0.29, 0.717) is 18.5 Å². The maximum Gasteiger partial charge on any atom is 0.233 e. The molecular formula is C24H20F2N6O2S. The second-order valence-electron chi connectivity index (χ2n) is 8.42. The molecular weight excluding hydrogens is 474 g/mol. The van der Waals surface area contributed by atoms with Crippen LogP contribution in [-0.2, 0) is 12.0 Å². The first kappa shape index (κ1) is 23.1. The fraction of sp³-hybridized carbons (Fsp3) is 0.333. The predicted molar refractivity (Wildman–Crippen MR) is 126 cm³/mol. The molecule has 35 heavy (non-hydrogen) atoms. The summed E-state index contributed by atoms with van der Waals surface area (Å²) in [4.78, 5) is 25.3. The van der Waals surface area contributed by atoms with Gasteiger partial charge < -0.3 is 10.5 Å². The van der Waals surface area contributed by atoms with Crippen molar-refractivity contribution in [1.82, 2.24) is 9.97 Å². The van der Waals surface area contributed by atoms with Crippen molar-refractivity contribution in [3.63, 3.8) is 0 Å². The van der Waals surface area contributed by atoms with Crippen molar-refractivity contribution in [2.75, 3.05) is 19.8 Å². The molecule has 0 unspecified atom stereocenters. The number of amidine groups is 1. The number of ketones is 1. The number of nitrogens with two attached hydrogens (primary N) is 1. The van der Waals surface area contributed by atoms with E-state index >= 15 is 4.39 Å². The average molecular weight is 495 g/mol. The Bertz CT molecular complexity index is 1320. The normalized spacial score (nSPS) is 26.4. The number of carbonyl (C=O) groups is 1. The molecule has 2 N–H and O–H groups in total. The molecule has 3 heterocycles. The van der Waals surface area contributed by atoms with Crippen LogP contribution < -0.4 is 10.5 Å². The summed E-state index contributed by atoms with van der Waals surface area (Å²) in [5.41, 5.74) is 6.01. The topological polar surface area (TPSA) is 115 Å². The van der Waals surface area contributed by atoms with E-state index in [4.69, 9.17) is 16.9 Å². The van der Waals surface area contributed by atoms with Crippen LogP contribution in [-0.4, -0.2) is 45.5 Å². The summed E-state index contributed by atoms with van der Waals surface area (Å²) in [5.74, 6) is 1.21. The molecule has 11 heteroatoms. The molecule has 3 atom stereocenters. The van der Waals surface area contributed by atoms with E-state index in [1.165, 1.54) is 42.4 Å². The number of azo groups is 1. The third-order valence-corrected chi connectivity index (χ3v) is 7.67. The van der Waals surface area contributed by atoms with Crippen LogP contribution in [0.15, 0.2) is 57.6 Å². The van der Waals surface area contributed by atoms with Crippen LogP contribution in [0, 0.1) is 24.1 Å². The van der Waals surface area contributed by atoms with E-state index in [-0.39, 0.29) is 47.0 Å². The van der Waals surface area contributed by atoms with Crippen molar-refractivity contribution >= 4 is 22.7 Å². The van der Waals surface area contributed by atoms with Gasteiger partial charge in [0.05, 0.1) is 29.4 Å². The summed E-state index contributed by atoms with van der Waals surface area (Å²) in [6.45, 7) is -0.454. The first-order chi connectivity index (χ1) is 16.9. The SMILES string of the molecule is C#CCOc1cnc(C(=O)Cc2ccc(F)c([C@@]3(CF)N=C(N)S[C@@]4(C5=CCN=N5)C[C@H]43)c2)cn1. The Hall–Kier alpha value is -3.65. The number of nitrogens with zero attached hydrogens (tertiary/aromatic N) is 5. The summed E-state index contributed by atoms with van der Waals surface area (Å²) in [6.07, 6.45) is 10.1. The van der Waals surface area contributed by atoms with E-state index in [0.717, 1.165) is 5.70 Å². The summed E-state index contributed by atoms with van der Waals surface area (Å²) in [7, 11) is 0. The van der Waals surface area contributed by atoms with Crippen molar-refractivity contribution in [2.24, 2.45) is 26.9 Å². The standard InChI is InChI=1S/C24H20F2N6O2S/c1-2-7-34-21-12-28-17(11-29-21)18(33)9-14-3-4-16(26)15(8-14)23(13-25)19-10-24(19,35-22(27)31-23)20-5-6-30-32-20/h1,3-5,8,11-12,19H,6-7,9-10,13H2,(H2,27,31)/t19-,23+,24-/m0/s1. The molecule has 0 saturated heterocycles. The maximum absolute atomic E-state index is 15.1. The lowest BCUT2D eigenvalue weighted by atomic mass is 9.83. The second-order valence-corrected chi connectivity index (χ2v) is 9.77. The number of hydrogen-bond acceptors (Lipinski definition) is 9. The van der Waals surface area contributed by atoms with Gasteiger partial charge in [-0.2, -0.15) is 10.2 Å². The van der Waals surface area contributed by atoms with E-state index in [1.807, 2.05) is 6.08 Å². The lowest BCUT2D eigenvalue weighted by molar-refractivity contribution is 0.0987. The molecule has 5 rings (SSSR count). The lowest BCUT2D eigenvalue weighted by Crippen LogP contribution is -2.40. The number of terminal acetylenes is 1. The van der Waals surface area contributed by atoms with E-state index in [2.05, 4.69) is 31.1 Å². The second kappa shape index (κ2) is 8.85.